The van der Waals surface area contributed by atoms with Gasteiger partial charge in [-0.1, -0.05) is 24.6 Å². The van der Waals surface area contributed by atoms with Crippen molar-refractivity contribution >= 4 is 56.9 Å². The molecule has 0 unspecified atom stereocenters. The molecule has 158 valence electrons. The molecule has 0 saturated heterocycles. The van der Waals surface area contributed by atoms with Crippen LogP contribution in [0.1, 0.15) is 33.3 Å². The molecule has 0 atom stereocenters. The summed E-state index contributed by atoms with van der Waals surface area (Å²) < 4.78 is 19.8. The summed E-state index contributed by atoms with van der Waals surface area (Å²) in [4.78, 5) is 13.3. The van der Waals surface area contributed by atoms with Crippen LogP contribution in [0.3, 0.4) is 0 Å². The van der Waals surface area contributed by atoms with E-state index in [1.165, 1.54) is 30.6 Å². The fraction of sp³-hybridized carbons (Fsp3) is 0.250. The second kappa shape index (κ2) is 9.55. The zero-order valence-corrected chi connectivity index (χ0v) is 19.0. The first-order chi connectivity index (χ1) is 14.3. The Hall–Kier alpha value is -2.49. The number of hydrogen-bond donors (Lipinski definition) is 2. The molecule has 0 saturated carbocycles. The smallest absolute Gasteiger partial charge is 0.341 e. The summed E-state index contributed by atoms with van der Waals surface area (Å²) in [6, 6.07) is 4.25. The monoisotopic (exact) mass is 466 g/mol. The number of carbonyl (C=O) groups excluding carboxylic acids is 1. The van der Waals surface area contributed by atoms with E-state index in [1.807, 2.05) is 13.8 Å². The lowest BCUT2D eigenvalue weighted by atomic mass is 10.1. The Morgan fingerprint density at radius 3 is 2.83 bits per heavy atom. The molecule has 30 heavy (non-hydrogen) atoms. The summed E-state index contributed by atoms with van der Waals surface area (Å²) >= 11 is 12.9. The van der Waals surface area contributed by atoms with Gasteiger partial charge in [0.15, 0.2) is 5.11 Å². The number of rotatable bonds is 6. The van der Waals surface area contributed by atoms with Crippen molar-refractivity contribution < 1.29 is 13.9 Å². The largest absolute Gasteiger partial charge is 0.465 e. The van der Waals surface area contributed by atoms with Crippen molar-refractivity contribution in [2.45, 2.75) is 26.8 Å². The van der Waals surface area contributed by atoms with Crippen LogP contribution in [-0.2, 0) is 17.7 Å². The van der Waals surface area contributed by atoms with Crippen LogP contribution in [0.15, 0.2) is 30.6 Å². The second-order valence-electron chi connectivity index (χ2n) is 6.43. The topological polar surface area (TPSA) is 68.2 Å². The van der Waals surface area contributed by atoms with Gasteiger partial charge < -0.3 is 15.4 Å². The van der Waals surface area contributed by atoms with Crippen LogP contribution in [0.2, 0.25) is 5.02 Å². The van der Waals surface area contributed by atoms with E-state index in [0.717, 1.165) is 16.0 Å². The first-order valence-electron chi connectivity index (χ1n) is 9.07. The van der Waals surface area contributed by atoms with Gasteiger partial charge in [0.2, 0.25) is 0 Å². The standard InChI is InChI=1S/C20H20ClFN4O2S2/c1-4-15-11(2)30-18(17(15)19(27)28-3)25-20(29)24-14-8-23-26(10-14)9-12-5-6-13(22)7-16(12)21/h5-8,10H,4,9H2,1-3H3,(H2,24,25,29). The predicted octanol–water partition coefficient (Wildman–Crippen LogP) is 5.25. The predicted molar refractivity (Wildman–Crippen MR) is 122 cm³/mol. The van der Waals surface area contributed by atoms with Crippen molar-refractivity contribution in [3.05, 3.63) is 63.0 Å². The summed E-state index contributed by atoms with van der Waals surface area (Å²) in [7, 11) is 1.36. The number of thiophene rings is 1. The van der Waals surface area contributed by atoms with Gasteiger partial charge in [-0.15, -0.1) is 11.3 Å². The maximum atomic E-state index is 13.2. The highest BCUT2D eigenvalue weighted by atomic mass is 35.5. The number of benzene rings is 1. The van der Waals surface area contributed by atoms with Gasteiger partial charge in [-0.2, -0.15) is 5.10 Å². The van der Waals surface area contributed by atoms with E-state index in [1.54, 1.807) is 23.1 Å². The van der Waals surface area contributed by atoms with E-state index in [0.29, 0.717) is 39.4 Å². The van der Waals surface area contributed by atoms with Gasteiger partial charge in [-0.05, 0) is 48.8 Å². The molecular formula is C20H20ClFN4O2S2. The SMILES string of the molecule is CCc1c(C)sc(NC(=S)Nc2cnn(Cc3ccc(F)cc3Cl)c2)c1C(=O)OC. The minimum absolute atomic E-state index is 0.323. The molecule has 0 aliphatic heterocycles. The van der Waals surface area contributed by atoms with E-state index in [-0.39, 0.29) is 5.82 Å². The van der Waals surface area contributed by atoms with Gasteiger partial charge >= 0.3 is 5.97 Å². The Bertz CT molecular complexity index is 1100. The first-order valence-corrected chi connectivity index (χ1v) is 10.7. The van der Waals surface area contributed by atoms with Gasteiger partial charge in [0, 0.05) is 16.1 Å². The Balaban J connectivity index is 1.70. The van der Waals surface area contributed by atoms with Crippen LogP contribution in [0.5, 0.6) is 0 Å². The quantitative estimate of drug-likeness (QED) is 0.382. The molecule has 0 aliphatic rings. The molecule has 10 heteroatoms. The average molecular weight is 467 g/mol. The molecule has 2 N–H and O–H groups in total. The molecule has 0 aliphatic carbocycles. The Labute approximate surface area is 188 Å². The minimum atomic E-state index is -0.398. The highest BCUT2D eigenvalue weighted by molar-refractivity contribution is 7.80. The van der Waals surface area contributed by atoms with E-state index in [2.05, 4.69) is 15.7 Å². The van der Waals surface area contributed by atoms with Crippen LogP contribution in [0.25, 0.3) is 0 Å². The van der Waals surface area contributed by atoms with E-state index in [4.69, 9.17) is 28.6 Å². The number of ether oxygens (including phenoxy) is 1. The third kappa shape index (κ3) is 4.97. The number of aromatic nitrogens is 2. The van der Waals surface area contributed by atoms with E-state index < -0.39 is 5.97 Å². The Morgan fingerprint density at radius 1 is 1.40 bits per heavy atom. The zero-order valence-electron chi connectivity index (χ0n) is 16.6. The van der Waals surface area contributed by atoms with Crippen molar-refractivity contribution in [1.29, 1.82) is 0 Å². The molecule has 0 fully saturated rings. The molecule has 0 amide bonds. The number of nitrogens with one attached hydrogen (secondary N) is 2. The van der Waals surface area contributed by atoms with Crippen molar-refractivity contribution in [2.24, 2.45) is 0 Å². The van der Waals surface area contributed by atoms with Crippen molar-refractivity contribution in [3.63, 3.8) is 0 Å². The second-order valence-corrected chi connectivity index (χ2v) is 8.47. The molecule has 0 bridgehead atoms. The summed E-state index contributed by atoms with van der Waals surface area (Å²) in [6.45, 7) is 4.34. The fourth-order valence-electron chi connectivity index (χ4n) is 3.01. The first kappa shape index (κ1) is 22.2. The fourth-order valence-corrected chi connectivity index (χ4v) is 4.66. The minimum Gasteiger partial charge on any atom is -0.465 e. The number of nitrogens with zero attached hydrogens (tertiary/aromatic N) is 2. The Kier molecular flexibility index (Phi) is 7.06. The molecule has 1 aromatic carbocycles. The number of halogens is 2. The van der Waals surface area contributed by atoms with Crippen LogP contribution >= 0.6 is 35.2 Å². The number of carbonyl (C=O) groups is 1. The number of aryl methyl sites for hydroxylation is 1. The molecule has 6 nitrogen and oxygen atoms in total. The van der Waals surface area contributed by atoms with Crippen molar-refractivity contribution in [1.82, 2.24) is 9.78 Å². The van der Waals surface area contributed by atoms with Gasteiger partial charge in [-0.25, -0.2) is 9.18 Å². The van der Waals surface area contributed by atoms with Crippen molar-refractivity contribution in [2.75, 3.05) is 17.7 Å². The highest BCUT2D eigenvalue weighted by Crippen LogP contribution is 2.34. The maximum absolute atomic E-state index is 13.2. The summed E-state index contributed by atoms with van der Waals surface area (Å²) in [5.74, 6) is -0.783. The van der Waals surface area contributed by atoms with E-state index >= 15 is 0 Å². The average Bonchev–Trinajstić information content (AvgIpc) is 3.26. The van der Waals surface area contributed by atoms with Gasteiger partial charge in [0.05, 0.1) is 31.1 Å². The number of thiocarbonyl (C=S) groups is 1. The number of esters is 1. The summed E-state index contributed by atoms with van der Waals surface area (Å²) in [6.07, 6.45) is 4.09. The lowest BCUT2D eigenvalue weighted by Gasteiger charge is -2.09. The normalized spacial score (nSPS) is 10.7. The van der Waals surface area contributed by atoms with Crippen LogP contribution in [-0.4, -0.2) is 28.0 Å². The molecule has 0 spiro atoms. The van der Waals surface area contributed by atoms with Crippen molar-refractivity contribution in [3.8, 4) is 0 Å². The Morgan fingerprint density at radius 2 is 2.17 bits per heavy atom. The lowest BCUT2D eigenvalue weighted by Crippen LogP contribution is -2.20. The van der Waals surface area contributed by atoms with Gasteiger partial charge in [-0.3, -0.25) is 4.68 Å². The van der Waals surface area contributed by atoms with Crippen LogP contribution < -0.4 is 10.6 Å². The van der Waals surface area contributed by atoms with Crippen LogP contribution in [0.4, 0.5) is 15.1 Å². The number of methoxy groups -OCH3 is 1. The molecule has 2 heterocycles. The molecule has 3 aromatic rings. The zero-order chi connectivity index (χ0) is 21.8. The summed E-state index contributed by atoms with van der Waals surface area (Å²) in [5.41, 5.74) is 2.86. The molecule has 3 rings (SSSR count). The van der Waals surface area contributed by atoms with Gasteiger partial charge in [0.25, 0.3) is 0 Å². The lowest BCUT2D eigenvalue weighted by molar-refractivity contribution is 0.0601. The maximum Gasteiger partial charge on any atom is 0.341 e. The molecule has 2 aromatic heterocycles. The molecule has 0 radical (unpaired) electrons. The summed E-state index contributed by atoms with van der Waals surface area (Å²) in [5, 5.41) is 11.7. The number of hydrogen-bond acceptors (Lipinski definition) is 5. The third-order valence-corrected chi connectivity index (χ3v) is 6.04. The number of anilines is 2. The molecular weight excluding hydrogens is 447 g/mol. The van der Waals surface area contributed by atoms with Crippen LogP contribution in [0, 0.1) is 12.7 Å². The van der Waals surface area contributed by atoms with E-state index in [9.17, 15) is 9.18 Å². The highest BCUT2D eigenvalue weighted by Gasteiger charge is 2.22. The van der Waals surface area contributed by atoms with Gasteiger partial charge in [0.1, 0.15) is 10.8 Å². The third-order valence-electron chi connectivity index (χ3n) is 4.42.